The minimum absolute atomic E-state index is 0.189. The summed E-state index contributed by atoms with van der Waals surface area (Å²) in [6.45, 7) is 4.20. The van der Waals surface area contributed by atoms with Crippen LogP contribution in [0, 0.1) is 5.92 Å². The molecule has 1 aromatic heterocycles. The predicted molar refractivity (Wildman–Crippen MR) is 49.1 cm³/mol. The van der Waals surface area contributed by atoms with Crippen LogP contribution in [0.3, 0.4) is 0 Å². The number of hydrogen-bond acceptors (Lipinski definition) is 1. The molecule has 1 atom stereocenters. The second-order valence-electron chi connectivity index (χ2n) is 3.20. The van der Waals surface area contributed by atoms with Crippen molar-refractivity contribution < 1.29 is 4.79 Å². The molecule has 0 amide bonds. The first-order valence-electron chi connectivity index (χ1n) is 4.40. The molecule has 0 aliphatic rings. The number of rotatable bonds is 3. The molecule has 12 heavy (non-hydrogen) atoms. The number of nitrogens with zero attached hydrogens (tertiary/aromatic N) is 1. The molecule has 66 valence electrons. The number of carbonyl (C=O) groups is 1. The van der Waals surface area contributed by atoms with Crippen LogP contribution in [0.5, 0.6) is 0 Å². The van der Waals surface area contributed by atoms with Crippen molar-refractivity contribution in [2.45, 2.75) is 26.7 Å². The third-order valence-electron chi connectivity index (χ3n) is 2.11. The predicted octanol–water partition coefficient (Wildman–Crippen LogP) is 2.56. The van der Waals surface area contributed by atoms with Gasteiger partial charge in [-0.05, 0) is 18.1 Å². The summed E-state index contributed by atoms with van der Waals surface area (Å²) in [5.41, 5.74) is 0. The summed E-state index contributed by atoms with van der Waals surface area (Å²) in [7, 11) is 0. The molecule has 0 aliphatic heterocycles. The summed E-state index contributed by atoms with van der Waals surface area (Å²) in [6.07, 6.45) is 5.30. The lowest BCUT2D eigenvalue weighted by atomic mass is 10.1. The Bertz CT molecular complexity index is 238. The molecule has 1 heterocycles. The first kappa shape index (κ1) is 9.04. The van der Waals surface area contributed by atoms with Crippen LogP contribution in [0.1, 0.15) is 31.5 Å². The van der Waals surface area contributed by atoms with Gasteiger partial charge in [-0.2, -0.15) is 0 Å². The fraction of sp³-hybridized carbons (Fsp3) is 0.500. The molecule has 0 N–H and O–H groups in total. The first-order chi connectivity index (χ1) is 5.74. The van der Waals surface area contributed by atoms with Gasteiger partial charge in [-0.1, -0.05) is 20.3 Å². The number of aromatic nitrogens is 1. The van der Waals surface area contributed by atoms with Gasteiger partial charge in [0, 0.05) is 18.8 Å². The smallest absolute Gasteiger partial charge is 0.230 e. The van der Waals surface area contributed by atoms with E-state index in [1.807, 2.05) is 12.1 Å². The van der Waals surface area contributed by atoms with E-state index in [1.165, 1.54) is 0 Å². The van der Waals surface area contributed by atoms with Gasteiger partial charge in [-0.15, -0.1) is 0 Å². The highest BCUT2D eigenvalue weighted by molar-refractivity contribution is 5.78. The lowest BCUT2D eigenvalue weighted by Gasteiger charge is -2.06. The van der Waals surface area contributed by atoms with E-state index in [9.17, 15) is 4.79 Å². The van der Waals surface area contributed by atoms with Crippen LogP contribution >= 0.6 is 0 Å². The van der Waals surface area contributed by atoms with Gasteiger partial charge in [0.2, 0.25) is 5.91 Å². The van der Waals surface area contributed by atoms with Gasteiger partial charge < -0.3 is 0 Å². The fourth-order valence-electron chi connectivity index (χ4n) is 1.05. The van der Waals surface area contributed by atoms with Gasteiger partial charge in [-0.25, -0.2) is 0 Å². The number of carbonyl (C=O) groups excluding carboxylic acids is 1. The molecular formula is C10H15NO. The molecule has 2 nitrogen and oxygen atoms in total. The Kier molecular flexibility index (Phi) is 3.09. The standard InChI is InChI=1S/C10H15NO/c1-3-9(2)8-10(12)11-6-4-5-7-11/h4-7,9H,3,8H2,1-2H3. The molecule has 0 radical (unpaired) electrons. The van der Waals surface area contributed by atoms with E-state index in [0.717, 1.165) is 6.42 Å². The van der Waals surface area contributed by atoms with E-state index in [1.54, 1.807) is 17.0 Å². The van der Waals surface area contributed by atoms with Crippen LogP contribution in [0.25, 0.3) is 0 Å². The molecule has 0 bridgehead atoms. The van der Waals surface area contributed by atoms with Crippen molar-refractivity contribution in [3.8, 4) is 0 Å². The summed E-state index contributed by atoms with van der Waals surface area (Å²) >= 11 is 0. The largest absolute Gasteiger partial charge is 0.295 e. The van der Waals surface area contributed by atoms with Gasteiger partial charge in [0.25, 0.3) is 0 Å². The Morgan fingerprint density at radius 3 is 2.50 bits per heavy atom. The molecule has 0 aliphatic carbocycles. The Hall–Kier alpha value is -1.05. The average molecular weight is 165 g/mol. The minimum Gasteiger partial charge on any atom is -0.295 e. The summed E-state index contributed by atoms with van der Waals surface area (Å²) in [5.74, 6) is 0.675. The van der Waals surface area contributed by atoms with Crippen LogP contribution < -0.4 is 0 Å². The molecule has 1 rings (SSSR count). The van der Waals surface area contributed by atoms with Gasteiger partial charge in [0.05, 0.1) is 0 Å². The summed E-state index contributed by atoms with van der Waals surface area (Å²) in [4.78, 5) is 11.4. The van der Waals surface area contributed by atoms with Crippen molar-refractivity contribution in [1.82, 2.24) is 4.57 Å². The minimum atomic E-state index is 0.189. The highest BCUT2D eigenvalue weighted by Crippen LogP contribution is 2.08. The van der Waals surface area contributed by atoms with Crippen molar-refractivity contribution in [1.29, 1.82) is 0 Å². The van der Waals surface area contributed by atoms with Gasteiger partial charge in [0.15, 0.2) is 0 Å². The van der Waals surface area contributed by atoms with Gasteiger partial charge in [-0.3, -0.25) is 9.36 Å². The average Bonchev–Trinajstić information content (AvgIpc) is 2.56. The van der Waals surface area contributed by atoms with Crippen LogP contribution in [0.4, 0.5) is 0 Å². The van der Waals surface area contributed by atoms with Crippen molar-refractivity contribution in [3.05, 3.63) is 24.5 Å². The molecule has 0 aromatic carbocycles. The molecule has 0 spiro atoms. The Morgan fingerprint density at radius 2 is 2.00 bits per heavy atom. The van der Waals surface area contributed by atoms with E-state index < -0.39 is 0 Å². The molecule has 0 fully saturated rings. The van der Waals surface area contributed by atoms with Gasteiger partial charge in [0.1, 0.15) is 0 Å². The van der Waals surface area contributed by atoms with E-state index in [0.29, 0.717) is 12.3 Å². The summed E-state index contributed by atoms with van der Waals surface area (Å²) in [5, 5.41) is 0. The summed E-state index contributed by atoms with van der Waals surface area (Å²) in [6, 6.07) is 3.74. The fourth-order valence-corrected chi connectivity index (χ4v) is 1.05. The third kappa shape index (κ3) is 2.22. The van der Waals surface area contributed by atoms with Crippen molar-refractivity contribution >= 4 is 5.91 Å². The third-order valence-corrected chi connectivity index (χ3v) is 2.11. The van der Waals surface area contributed by atoms with Crippen molar-refractivity contribution in [2.75, 3.05) is 0 Å². The lowest BCUT2D eigenvalue weighted by Crippen LogP contribution is -2.11. The monoisotopic (exact) mass is 165 g/mol. The van der Waals surface area contributed by atoms with Crippen LogP contribution in [0.2, 0.25) is 0 Å². The van der Waals surface area contributed by atoms with E-state index in [2.05, 4.69) is 13.8 Å². The maximum atomic E-state index is 11.4. The molecule has 0 saturated carbocycles. The van der Waals surface area contributed by atoms with Crippen molar-refractivity contribution in [3.63, 3.8) is 0 Å². The number of hydrogen-bond donors (Lipinski definition) is 0. The highest BCUT2D eigenvalue weighted by atomic mass is 16.1. The molecule has 2 heteroatoms. The van der Waals surface area contributed by atoms with E-state index in [-0.39, 0.29) is 5.91 Å². The van der Waals surface area contributed by atoms with E-state index >= 15 is 0 Å². The second-order valence-corrected chi connectivity index (χ2v) is 3.20. The molecule has 1 aromatic rings. The van der Waals surface area contributed by atoms with E-state index in [4.69, 9.17) is 0 Å². The Balaban J connectivity index is 2.50. The maximum absolute atomic E-state index is 11.4. The zero-order valence-corrected chi connectivity index (χ0v) is 7.66. The SMILES string of the molecule is CCC(C)CC(=O)n1cccc1. The summed E-state index contributed by atoms with van der Waals surface area (Å²) < 4.78 is 1.64. The van der Waals surface area contributed by atoms with Crippen molar-refractivity contribution in [2.24, 2.45) is 5.92 Å². The zero-order valence-electron chi connectivity index (χ0n) is 7.66. The molecule has 1 unspecified atom stereocenters. The maximum Gasteiger partial charge on any atom is 0.230 e. The normalized spacial score (nSPS) is 12.8. The molecular weight excluding hydrogens is 150 g/mol. The Morgan fingerprint density at radius 1 is 1.42 bits per heavy atom. The Labute approximate surface area is 73.2 Å². The van der Waals surface area contributed by atoms with Gasteiger partial charge >= 0.3 is 0 Å². The first-order valence-corrected chi connectivity index (χ1v) is 4.40. The van der Waals surface area contributed by atoms with Crippen LogP contribution in [0.15, 0.2) is 24.5 Å². The van der Waals surface area contributed by atoms with Crippen LogP contribution in [-0.4, -0.2) is 10.5 Å². The highest BCUT2D eigenvalue weighted by Gasteiger charge is 2.07. The zero-order chi connectivity index (χ0) is 8.97. The molecule has 0 saturated heterocycles. The lowest BCUT2D eigenvalue weighted by molar-refractivity contribution is 0.0882. The quantitative estimate of drug-likeness (QED) is 0.674. The topological polar surface area (TPSA) is 22.0 Å². The van der Waals surface area contributed by atoms with Crippen LogP contribution in [-0.2, 0) is 0 Å². The second kappa shape index (κ2) is 4.10.